The van der Waals surface area contributed by atoms with E-state index in [0.717, 1.165) is 21.3 Å². The molecule has 1 amide bonds. The summed E-state index contributed by atoms with van der Waals surface area (Å²) in [5.74, 6) is -0.563. The normalized spacial score (nSPS) is 11.2. The number of aromatic nitrogens is 1. The number of para-hydroxylation sites is 1. The highest BCUT2D eigenvalue weighted by Gasteiger charge is 2.07. The van der Waals surface area contributed by atoms with Gasteiger partial charge in [0.1, 0.15) is 5.82 Å². The minimum Gasteiger partial charge on any atom is -0.298 e. The van der Waals surface area contributed by atoms with Gasteiger partial charge in [0.05, 0.1) is 10.2 Å². The third-order valence-corrected chi connectivity index (χ3v) is 4.08. The van der Waals surface area contributed by atoms with E-state index >= 15 is 0 Å². The van der Waals surface area contributed by atoms with Crippen LogP contribution in [0.4, 0.5) is 9.52 Å². The zero-order chi connectivity index (χ0) is 15.5. The molecule has 0 aliphatic rings. The molecule has 1 N–H and O–H groups in total. The van der Waals surface area contributed by atoms with Crippen LogP contribution in [0.1, 0.15) is 11.1 Å². The summed E-state index contributed by atoms with van der Waals surface area (Å²) in [6.45, 7) is 1.99. The molecule has 110 valence electrons. The fourth-order valence-corrected chi connectivity index (χ4v) is 2.98. The first-order valence-corrected chi connectivity index (χ1v) is 7.54. The van der Waals surface area contributed by atoms with Crippen LogP contribution < -0.4 is 5.32 Å². The van der Waals surface area contributed by atoms with Gasteiger partial charge in [-0.2, -0.15) is 0 Å². The first kappa shape index (κ1) is 14.4. The molecule has 0 unspecified atom stereocenters. The maximum Gasteiger partial charge on any atom is 0.250 e. The van der Waals surface area contributed by atoms with Gasteiger partial charge in [-0.1, -0.05) is 35.6 Å². The maximum atomic E-state index is 12.8. The van der Waals surface area contributed by atoms with E-state index in [1.54, 1.807) is 18.2 Å². The fourth-order valence-electron chi connectivity index (χ4n) is 2.03. The number of hydrogen-bond acceptors (Lipinski definition) is 3. The largest absolute Gasteiger partial charge is 0.298 e. The van der Waals surface area contributed by atoms with Crippen molar-refractivity contribution >= 4 is 38.7 Å². The Bertz CT molecular complexity index is 853. The number of carbonyl (C=O) groups is 1. The summed E-state index contributed by atoms with van der Waals surface area (Å²) in [6.07, 6.45) is 3.04. The van der Waals surface area contributed by atoms with E-state index in [-0.39, 0.29) is 11.7 Å². The number of thiazole rings is 1. The Morgan fingerprint density at radius 3 is 2.73 bits per heavy atom. The number of nitrogens with one attached hydrogen (secondary N) is 1. The molecule has 2 aromatic carbocycles. The first-order chi connectivity index (χ1) is 10.6. The van der Waals surface area contributed by atoms with Crippen molar-refractivity contribution in [1.82, 2.24) is 4.98 Å². The quantitative estimate of drug-likeness (QED) is 0.729. The molecule has 3 aromatic rings. The number of nitrogens with zero attached hydrogens (tertiary/aromatic N) is 1. The van der Waals surface area contributed by atoms with Crippen LogP contribution in [0, 0.1) is 12.7 Å². The van der Waals surface area contributed by atoms with Gasteiger partial charge >= 0.3 is 0 Å². The topological polar surface area (TPSA) is 42.0 Å². The molecule has 0 radical (unpaired) electrons. The summed E-state index contributed by atoms with van der Waals surface area (Å²) in [5.41, 5.74) is 2.75. The SMILES string of the molecule is Cc1cccc2sc(NC(=O)C=Cc3ccc(F)cc3)nc12. The third-order valence-electron chi connectivity index (χ3n) is 3.15. The van der Waals surface area contributed by atoms with E-state index in [4.69, 9.17) is 0 Å². The zero-order valence-corrected chi connectivity index (χ0v) is 12.7. The Kier molecular flexibility index (Phi) is 3.98. The maximum absolute atomic E-state index is 12.8. The van der Waals surface area contributed by atoms with Gasteiger partial charge in [-0.05, 0) is 42.3 Å². The number of benzene rings is 2. The lowest BCUT2D eigenvalue weighted by atomic mass is 10.2. The highest BCUT2D eigenvalue weighted by Crippen LogP contribution is 2.27. The van der Waals surface area contributed by atoms with Crippen LogP contribution in [0.25, 0.3) is 16.3 Å². The van der Waals surface area contributed by atoms with Crippen molar-refractivity contribution in [2.24, 2.45) is 0 Å². The number of amides is 1. The first-order valence-electron chi connectivity index (χ1n) is 6.72. The van der Waals surface area contributed by atoms with Crippen LogP contribution >= 0.6 is 11.3 Å². The lowest BCUT2D eigenvalue weighted by molar-refractivity contribution is -0.111. The second-order valence-electron chi connectivity index (χ2n) is 4.81. The highest BCUT2D eigenvalue weighted by atomic mass is 32.1. The van der Waals surface area contributed by atoms with Crippen molar-refractivity contribution in [3.63, 3.8) is 0 Å². The number of carbonyl (C=O) groups excluding carboxylic acids is 1. The standard InChI is InChI=1S/C17H13FN2OS/c1-11-3-2-4-14-16(11)20-17(22-14)19-15(21)10-7-12-5-8-13(18)9-6-12/h2-10H,1H3,(H,19,20,21). The molecule has 0 atom stereocenters. The molecule has 0 spiro atoms. The monoisotopic (exact) mass is 312 g/mol. The lowest BCUT2D eigenvalue weighted by Crippen LogP contribution is -2.07. The molecule has 0 fully saturated rings. The molecule has 0 aliphatic carbocycles. The molecule has 0 aliphatic heterocycles. The number of fused-ring (bicyclic) bond motifs is 1. The van der Waals surface area contributed by atoms with Crippen molar-refractivity contribution in [2.75, 3.05) is 5.32 Å². The fraction of sp³-hybridized carbons (Fsp3) is 0.0588. The Morgan fingerprint density at radius 1 is 1.23 bits per heavy atom. The molecular formula is C17H13FN2OS. The predicted molar refractivity (Wildman–Crippen MR) is 88.4 cm³/mol. The van der Waals surface area contributed by atoms with Crippen LogP contribution in [0.5, 0.6) is 0 Å². The second-order valence-corrected chi connectivity index (χ2v) is 5.85. The van der Waals surface area contributed by atoms with Crippen molar-refractivity contribution in [3.05, 3.63) is 65.5 Å². The van der Waals surface area contributed by atoms with Gasteiger partial charge in [-0.3, -0.25) is 10.1 Å². The van der Waals surface area contributed by atoms with Crippen molar-refractivity contribution in [1.29, 1.82) is 0 Å². The van der Waals surface area contributed by atoms with E-state index in [1.165, 1.54) is 29.5 Å². The molecule has 3 rings (SSSR count). The molecule has 0 saturated heterocycles. The van der Waals surface area contributed by atoms with Gasteiger partial charge in [-0.25, -0.2) is 9.37 Å². The van der Waals surface area contributed by atoms with Crippen molar-refractivity contribution in [3.8, 4) is 0 Å². The van der Waals surface area contributed by atoms with E-state index in [1.807, 2.05) is 25.1 Å². The Morgan fingerprint density at radius 2 is 2.00 bits per heavy atom. The molecule has 1 heterocycles. The molecule has 22 heavy (non-hydrogen) atoms. The summed E-state index contributed by atoms with van der Waals surface area (Å²) in [4.78, 5) is 16.3. The zero-order valence-electron chi connectivity index (χ0n) is 11.8. The lowest BCUT2D eigenvalue weighted by Gasteiger charge is -1.96. The molecule has 5 heteroatoms. The smallest absolute Gasteiger partial charge is 0.250 e. The van der Waals surface area contributed by atoms with Gasteiger partial charge in [0.15, 0.2) is 5.13 Å². The van der Waals surface area contributed by atoms with Crippen LogP contribution in [0.2, 0.25) is 0 Å². The van der Waals surface area contributed by atoms with Crippen LogP contribution in [0.15, 0.2) is 48.5 Å². The molecule has 3 nitrogen and oxygen atoms in total. The minimum atomic E-state index is -0.300. The van der Waals surface area contributed by atoms with Crippen LogP contribution in [0.3, 0.4) is 0 Å². The van der Waals surface area contributed by atoms with Crippen LogP contribution in [-0.4, -0.2) is 10.9 Å². The minimum absolute atomic E-state index is 0.263. The third kappa shape index (κ3) is 3.20. The Labute approximate surface area is 131 Å². The van der Waals surface area contributed by atoms with E-state index in [0.29, 0.717) is 5.13 Å². The summed E-state index contributed by atoms with van der Waals surface area (Å²) in [6, 6.07) is 11.9. The van der Waals surface area contributed by atoms with Gasteiger partial charge < -0.3 is 0 Å². The van der Waals surface area contributed by atoms with E-state index in [9.17, 15) is 9.18 Å². The Balaban J connectivity index is 1.72. The summed E-state index contributed by atoms with van der Waals surface area (Å²) >= 11 is 1.44. The van der Waals surface area contributed by atoms with Gasteiger partial charge in [0, 0.05) is 6.08 Å². The molecule has 0 bridgehead atoms. The van der Waals surface area contributed by atoms with Crippen molar-refractivity contribution in [2.45, 2.75) is 6.92 Å². The summed E-state index contributed by atoms with van der Waals surface area (Å²) in [5, 5.41) is 3.32. The van der Waals surface area contributed by atoms with Crippen LogP contribution in [-0.2, 0) is 4.79 Å². The summed E-state index contributed by atoms with van der Waals surface area (Å²) < 4.78 is 13.8. The van der Waals surface area contributed by atoms with Crippen molar-refractivity contribution < 1.29 is 9.18 Å². The Hall–Kier alpha value is -2.53. The van der Waals surface area contributed by atoms with Gasteiger partial charge in [0.2, 0.25) is 5.91 Å². The summed E-state index contributed by atoms with van der Waals surface area (Å²) in [7, 11) is 0. The van der Waals surface area contributed by atoms with E-state index < -0.39 is 0 Å². The number of hydrogen-bond donors (Lipinski definition) is 1. The molecule has 0 saturated carbocycles. The molecule has 1 aromatic heterocycles. The average Bonchev–Trinajstić information content (AvgIpc) is 2.90. The second kappa shape index (κ2) is 6.07. The van der Waals surface area contributed by atoms with E-state index in [2.05, 4.69) is 10.3 Å². The van der Waals surface area contributed by atoms with Gasteiger partial charge in [-0.15, -0.1) is 0 Å². The van der Waals surface area contributed by atoms with Gasteiger partial charge in [0.25, 0.3) is 0 Å². The number of aryl methyl sites for hydroxylation is 1. The average molecular weight is 312 g/mol. The highest BCUT2D eigenvalue weighted by molar-refractivity contribution is 7.22. The molecular weight excluding hydrogens is 299 g/mol. The predicted octanol–water partition coefficient (Wildman–Crippen LogP) is 4.40. The number of anilines is 1. The number of rotatable bonds is 3. The number of halogens is 1.